The standard InChI is InChI=1S/C21H25FO3S/c1-15-19(23-13-16-9-5-3-6-10-16)20(18(22)21(25-15)26-2)24-14-17-11-7-4-8-12-17/h3-12,15,18-21H,13-14H2,1-2H3/t15-,18-,19+,20-,21+/m0/s1. The number of thioether (sulfide) groups is 1. The molecule has 26 heavy (non-hydrogen) atoms. The second kappa shape index (κ2) is 9.51. The van der Waals surface area contributed by atoms with E-state index >= 15 is 4.39 Å². The predicted octanol–water partition coefficient (Wildman–Crippen LogP) is 4.60. The fourth-order valence-corrected chi connectivity index (χ4v) is 3.80. The van der Waals surface area contributed by atoms with E-state index in [1.807, 2.05) is 73.8 Å². The average Bonchev–Trinajstić information content (AvgIpc) is 2.69. The van der Waals surface area contributed by atoms with Crippen molar-refractivity contribution in [2.24, 2.45) is 0 Å². The third kappa shape index (κ3) is 4.86. The van der Waals surface area contributed by atoms with Crippen molar-refractivity contribution in [2.75, 3.05) is 6.26 Å². The van der Waals surface area contributed by atoms with E-state index in [2.05, 4.69) is 0 Å². The fourth-order valence-electron chi connectivity index (χ4n) is 3.10. The summed E-state index contributed by atoms with van der Waals surface area (Å²) in [6.45, 7) is 2.68. The van der Waals surface area contributed by atoms with Gasteiger partial charge in [-0.05, 0) is 24.3 Å². The van der Waals surface area contributed by atoms with E-state index in [-0.39, 0.29) is 6.10 Å². The van der Waals surface area contributed by atoms with E-state index < -0.39 is 23.8 Å². The van der Waals surface area contributed by atoms with E-state index in [0.717, 1.165) is 11.1 Å². The van der Waals surface area contributed by atoms with Gasteiger partial charge in [-0.25, -0.2) is 4.39 Å². The first-order valence-electron chi connectivity index (χ1n) is 8.82. The zero-order chi connectivity index (χ0) is 18.4. The summed E-state index contributed by atoms with van der Waals surface area (Å²) in [4.78, 5) is 0. The van der Waals surface area contributed by atoms with Crippen molar-refractivity contribution in [2.45, 2.75) is 50.1 Å². The molecule has 1 aliphatic rings. The molecule has 0 bridgehead atoms. The van der Waals surface area contributed by atoms with Crippen molar-refractivity contribution in [3.05, 3.63) is 71.8 Å². The minimum absolute atomic E-state index is 0.246. The lowest BCUT2D eigenvalue weighted by Gasteiger charge is -2.42. The van der Waals surface area contributed by atoms with Gasteiger partial charge in [0.2, 0.25) is 0 Å². The van der Waals surface area contributed by atoms with Gasteiger partial charge >= 0.3 is 0 Å². The first kappa shape index (κ1) is 19.4. The lowest BCUT2D eigenvalue weighted by atomic mass is 10.0. The number of hydrogen-bond acceptors (Lipinski definition) is 4. The normalized spacial score (nSPS) is 28.8. The molecule has 3 rings (SSSR count). The number of benzene rings is 2. The van der Waals surface area contributed by atoms with Crippen molar-refractivity contribution in [3.8, 4) is 0 Å². The van der Waals surface area contributed by atoms with Gasteiger partial charge in [-0.15, -0.1) is 11.8 Å². The lowest BCUT2D eigenvalue weighted by molar-refractivity contribution is -0.214. The van der Waals surface area contributed by atoms with E-state index in [0.29, 0.717) is 13.2 Å². The van der Waals surface area contributed by atoms with Crippen LogP contribution < -0.4 is 0 Å². The van der Waals surface area contributed by atoms with E-state index in [1.54, 1.807) is 0 Å². The predicted molar refractivity (Wildman–Crippen MR) is 103 cm³/mol. The monoisotopic (exact) mass is 376 g/mol. The molecular weight excluding hydrogens is 351 g/mol. The smallest absolute Gasteiger partial charge is 0.164 e. The number of halogens is 1. The van der Waals surface area contributed by atoms with Crippen LogP contribution in [0.5, 0.6) is 0 Å². The van der Waals surface area contributed by atoms with Crippen molar-refractivity contribution >= 4 is 11.8 Å². The Morgan fingerprint density at radius 2 is 1.38 bits per heavy atom. The molecule has 140 valence electrons. The molecule has 0 amide bonds. The average molecular weight is 376 g/mol. The Morgan fingerprint density at radius 3 is 1.88 bits per heavy atom. The van der Waals surface area contributed by atoms with Gasteiger partial charge in [-0.3, -0.25) is 0 Å². The highest BCUT2D eigenvalue weighted by Gasteiger charge is 2.46. The van der Waals surface area contributed by atoms with Crippen LogP contribution in [0.25, 0.3) is 0 Å². The molecule has 0 saturated carbocycles. The van der Waals surface area contributed by atoms with Crippen LogP contribution in [0.3, 0.4) is 0 Å². The van der Waals surface area contributed by atoms with Gasteiger partial charge in [0.1, 0.15) is 17.6 Å². The molecule has 0 aromatic heterocycles. The van der Waals surface area contributed by atoms with Crippen LogP contribution in [-0.4, -0.2) is 36.2 Å². The molecule has 0 unspecified atom stereocenters. The van der Waals surface area contributed by atoms with Crippen LogP contribution >= 0.6 is 11.8 Å². The minimum atomic E-state index is -1.24. The summed E-state index contributed by atoms with van der Waals surface area (Å²) in [5, 5.41) is 0. The van der Waals surface area contributed by atoms with Gasteiger partial charge in [0.25, 0.3) is 0 Å². The lowest BCUT2D eigenvalue weighted by Crippen LogP contribution is -2.55. The molecule has 1 aliphatic heterocycles. The Kier molecular flexibility index (Phi) is 7.08. The molecule has 0 N–H and O–H groups in total. The Labute approximate surface area is 158 Å². The number of ether oxygens (including phenoxy) is 3. The highest BCUT2D eigenvalue weighted by molar-refractivity contribution is 7.99. The van der Waals surface area contributed by atoms with E-state index in [1.165, 1.54) is 11.8 Å². The molecule has 3 nitrogen and oxygen atoms in total. The third-order valence-electron chi connectivity index (χ3n) is 4.51. The Bertz CT molecular complexity index is 655. The van der Waals surface area contributed by atoms with Crippen molar-refractivity contribution in [1.82, 2.24) is 0 Å². The Morgan fingerprint density at radius 1 is 0.885 bits per heavy atom. The van der Waals surface area contributed by atoms with Crippen molar-refractivity contribution < 1.29 is 18.6 Å². The summed E-state index contributed by atoms with van der Waals surface area (Å²) in [6.07, 6.45) is -0.768. The third-order valence-corrected chi connectivity index (χ3v) is 5.35. The van der Waals surface area contributed by atoms with Crippen LogP contribution in [0.1, 0.15) is 18.1 Å². The largest absolute Gasteiger partial charge is 0.368 e. The second-order valence-electron chi connectivity index (χ2n) is 6.41. The molecule has 2 aromatic carbocycles. The highest BCUT2D eigenvalue weighted by Crippen LogP contribution is 2.33. The fraction of sp³-hybridized carbons (Fsp3) is 0.429. The molecule has 5 atom stereocenters. The van der Waals surface area contributed by atoms with Crippen LogP contribution in [0.15, 0.2) is 60.7 Å². The van der Waals surface area contributed by atoms with Crippen LogP contribution in [0.2, 0.25) is 0 Å². The van der Waals surface area contributed by atoms with Crippen LogP contribution in [-0.2, 0) is 27.4 Å². The van der Waals surface area contributed by atoms with Crippen molar-refractivity contribution in [3.63, 3.8) is 0 Å². The Hall–Kier alpha value is -1.40. The van der Waals surface area contributed by atoms with E-state index in [9.17, 15) is 0 Å². The number of rotatable bonds is 7. The van der Waals surface area contributed by atoms with Gasteiger partial charge in [-0.1, -0.05) is 60.7 Å². The molecule has 1 saturated heterocycles. The molecule has 5 heteroatoms. The zero-order valence-corrected chi connectivity index (χ0v) is 15.9. The maximum absolute atomic E-state index is 15.0. The summed E-state index contributed by atoms with van der Waals surface area (Å²) in [6, 6.07) is 19.7. The molecule has 1 heterocycles. The first-order valence-corrected chi connectivity index (χ1v) is 10.1. The molecule has 0 radical (unpaired) electrons. The van der Waals surface area contributed by atoms with Gasteiger partial charge in [0.15, 0.2) is 6.17 Å². The van der Waals surface area contributed by atoms with Crippen LogP contribution in [0, 0.1) is 0 Å². The van der Waals surface area contributed by atoms with E-state index in [4.69, 9.17) is 14.2 Å². The van der Waals surface area contributed by atoms with Gasteiger partial charge in [0.05, 0.1) is 19.3 Å². The summed E-state index contributed by atoms with van der Waals surface area (Å²) in [5.74, 6) is 0. The maximum Gasteiger partial charge on any atom is 0.164 e. The zero-order valence-electron chi connectivity index (χ0n) is 15.1. The first-order chi connectivity index (χ1) is 12.7. The second-order valence-corrected chi connectivity index (χ2v) is 7.35. The van der Waals surface area contributed by atoms with Gasteiger partial charge in [0, 0.05) is 0 Å². The number of hydrogen-bond donors (Lipinski definition) is 0. The molecule has 1 fully saturated rings. The quantitative estimate of drug-likeness (QED) is 0.706. The minimum Gasteiger partial charge on any atom is -0.368 e. The number of alkyl halides is 1. The summed E-state index contributed by atoms with van der Waals surface area (Å²) in [5.41, 5.74) is 1.52. The maximum atomic E-state index is 15.0. The Balaban J connectivity index is 1.69. The SMILES string of the molecule is CS[C@H]1O[C@@H](C)[C@@H](OCc2ccccc2)[C@@H](OCc2ccccc2)[C@@H]1F. The van der Waals surface area contributed by atoms with Gasteiger partial charge in [-0.2, -0.15) is 0 Å². The highest BCUT2D eigenvalue weighted by atomic mass is 32.2. The summed E-state index contributed by atoms with van der Waals surface area (Å²) < 4.78 is 32.9. The summed E-state index contributed by atoms with van der Waals surface area (Å²) >= 11 is 1.37. The topological polar surface area (TPSA) is 27.7 Å². The molecular formula is C21H25FO3S. The summed E-state index contributed by atoms with van der Waals surface area (Å²) in [7, 11) is 0. The van der Waals surface area contributed by atoms with Crippen LogP contribution in [0.4, 0.5) is 4.39 Å². The molecule has 0 aliphatic carbocycles. The molecule has 2 aromatic rings. The van der Waals surface area contributed by atoms with Gasteiger partial charge < -0.3 is 14.2 Å². The van der Waals surface area contributed by atoms with Crippen molar-refractivity contribution in [1.29, 1.82) is 0 Å². The molecule has 0 spiro atoms.